The summed E-state index contributed by atoms with van der Waals surface area (Å²) in [6.45, 7) is 28.8. The van der Waals surface area contributed by atoms with Gasteiger partial charge in [-0.2, -0.15) is 0 Å². The molecule has 9 nitrogen and oxygen atoms in total. The molecule has 0 saturated heterocycles. The van der Waals surface area contributed by atoms with Crippen molar-refractivity contribution in [3.8, 4) is 0 Å². The second-order valence-electron chi connectivity index (χ2n) is 11.3. The molecule has 0 saturated carbocycles. The lowest BCUT2D eigenvalue weighted by atomic mass is 10.5. The predicted molar refractivity (Wildman–Crippen MR) is 141 cm³/mol. The van der Waals surface area contributed by atoms with Crippen LogP contribution in [0, 0.1) is 0 Å². The molecular formula is C19H50AlO9Si4-. The summed E-state index contributed by atoms with van der Waals surface area (Å²) >= 11 is -4.51. The summed E-state index contributed by atoms with van der Waals surface area (Å²) in [5, 5.41) is 0. The van der Waals surface area contributed by atoms with Gasteiger partial charge in [0, 0.05) is 31.0 Å². The Kier molecular flexibility index (Phi) is 13.4. The van der Waals surface area contributed by atoms with Crippen molar-refractivity contribution >= 4 is 48.9 Å². The Labute approximate surface area is 210 Å². The minimum Gasteiger partial charge on any atom is -0.633 e. The van der Waals surface area contributed by atoms with E-state index in [2.05, 4.69) is 0 Å². The summed E-state index contributed by atoms with van der Waals surface area (Å²) in [5.41, 5.74) is 0. The van der Waals surface area contributed by atoms with E-state index >= 15 is 0 Å². The van der Waals surface area contributed by atoms with E-state index in [0.717, 1.165) is 0 Å². The van der Waals surface area contributed by atoms with Crippen molar-refractivity contribution in [2.45, 2.75) is 126 Å². The third-order valence-electron chi connectivity index (χ3n) is 3.32. The fraction of sp³-hybridized carbons (Fsp3) is 1.00. The van der Waals surface area contributed by atoms with Crippen LogP contribution in [0.3, 0.4) is 0 Å². The van der Waals surface area contributed by atoms with Gasteiger partial charge in [0.2, 0.25) is 0 Å². The summed E-state index contributed by atoms with van der Waals surface area (Å²) in [6.07, 6.45) is -1.02. The van der Waals surface area contributed by atoms with Crippen LogP contribution in [0.15, 0.2) is 0 Å². The maximum atomic E-state index is 11.5. The quantitative estimate of drug-likeness (QED) is 0.265. The van der Waals surface area contributed by atoms with E-state index in [0.29, 0.717) is 0 Å². The van der Waals surface area contributed by atoms with Crippen molar-refractivity contribution in [3.63, 3.8) is 0 Å². The monoisotopic (exact) mass is 561 g/mol. The molecule has 0 amide bonds. The van der Waals surface area contributed by atoms with Gasteiger partial charge in [0.15, 0.2) is 0 Å². The molecule has 0 bridgehead atoms. The third kappa shape index (κ3) is 15.7. The van der Waals surface area contributed by atoms with Gasteiger partial charge in [-0.25, -0.2) is 0 Å². The van der Waals surface area contributed by atoms with Crippen molar-refractivity contribution in [3.05, 3.63) is 0 Å². The molecule has 0 aliphatic heterocycles. The smallest absolute Gasteiger partial charge is 0.633 e. The van der Waals surface area contributed by atoms with E-state index in [1.165, 1.54) is 0 Å². The predicted octanol–water partition coefficient (Wildman–Crippen LogP) is 4.85. The molecule has 0 aromatic heterocycles. The number of hydrogen-bond acceptors (Lipinski definition) is 9. The zero-order valence-electron chi connectivity index (χ0n) is 23.6. The molecule has 0 aromatic carbocycles. The molecule has 200 valence electrons. The highest BCUT2D eigenvalue weighted by molar-refractivity contribution is 6.88. The summed E-state index contributed by atoms with van der Waals surface area (Å²) in [6, 6.07) is 0. The van der Waals surface area contributed by atoms with Gasteiger partial charge in [0.1, 0.15) is 16.6 Å². The van der Waals surface area contributed by atoms with Crippen LogP contribution in [0.5, 0.6) is 0 Å². The number of hydrogen-bond donors (Lipinski definition) is 1. The second-order valence-corrected chi connectivity index (χ2v) is 28.4. The molecule has 0 heterocycles. The van der Waals surface area contributed by atoms with Gasteiger partial charge in [-0.05, 0) is 94.7 Å². The molecular weight excluding hydrogens is 512 g/mol. The molecule has 14 heteroatoms. The lowest BCUT2D eigenvalue weighted by Gasteiger charge is -2.51. The van der Waals surface area contributed by atoms with Crippen LogP contribution in [-0.4, -0.2) is 78.1 Å². The van der Waals surface area contributed by atoms with Gasteiger partial charge in [-0.1, -0.05) is 0 Å². The van der Waals surface area contributed by atoms with E-state index in [-0.39, 0.29) is 24.4 Å². The molecule has 33 heavy (non-hydrogen) atoms. The molecule has 0 rings (SSSR count). The first-order chi connectivity index (χ1) is 14.5. The minimum absolute atomic E-state index is 0.161. The number of rotatable bonds is 16. The third-order valence-corrected chi connectivity index (χ3v) is 19.8. The summed E-state index contributed by atoms with van der Waals surface area (Å²) in [4.78, 5) is 11.5. The summed E-state index contributed by atoms with van der Waals surface area (Å²) in [5.74, 6) is 0. The van der Waals surface area contributed by atoms with Crippen LogP contribution < -0.4 is 0 Å². The summed E-state index contributed by atoms with van der Waals surface area (Å²) < 4.78 is 50.2. The highest BCUT2D eigenvalue weighted by atomic mass is 28.4. The summed E-state index contributed by atoms with van der Waals surface area (Å²) in [7, 11) is -12.2. The fourth-order valence-electron chi connectivity index (χ4n) is 3.07. The van der Waals surface area contributed by atoms with Crippen LogP contribution >= 0.6 is 0 Å². The average molecular weight is 562 g/mol. The molecule has 0 fully saturated rings. The zero-order valence-corrected chi connectivity index (χ0v) is 28.8. The van der Waals surface area contributed by atoms with Crippen LogP contribution in [0.25, 0.3) is 0 Å². The van der Waals surface area contributed by atoms with Crippen LogP contribution in [-0.2, 0) is 31.6 Å². The van der Waals surface area contributed by atoms with Gasteiger partial charge in [0.25, 0.3) is 0 Å². The molecule has 0 radical (unpaired) electrons. The van der Waals surface area contributed by atoms with E-state index in [4.69, 9.17) is 31.6 Å². The molecule has 0 spiro atoms. The van der Waals surface area contributed by atoms with Gasteiger partial charge in [0.05, 0.1) is 0 Å². The highest BCUT2D eigenvalue weighted by Crippen LogP contribution is 2.32. The van der Waals surface area contributed by atoms with Crippen LogP contribution in [0.4, 0.5) is 0 Å². The van der Waals surface area contributed by atoms with Crippen LogP contribution in [0.1, 0.15) is 55.4 Å². The highest BCUT2D eigenvalue weighted by Gasteiger charge is 2.62. The van der Waals surface area contributed by atoms with Crippen molar-refractivity contribution in [2.24, 2.45) is 0 Å². The standard InChI is InChI=1S/C7H17O3Si.C6H15O4Si.2C3H9OSi.Al/c1-6(2)9-11(5,8)10-7(3)4;1-5(2)9-11(7,8)10-6(3)4;2*1-5(2,3)4;/h6-7H,1-5H3;5-7H,1-4H3;2*1-3H3;/q4*-1;+3. The van der Waals surface area contributed by atoms with Crippen molar-refractivity contribution in [1.29, 1.82) is 0 Å². The Morgan fingerprint density at radius 3 is 1.03 bits per heavy atom. The Hall–Kier alpha value is 1.04. The van der Waals surface area contributed by atoms with Gasteiger partial charge < -0.3 is 36.4 Å². The maximum Gasteiger partial charge on any atom is 0.841 e. The van der Waals surface area contributed by atoms with Crippen molar-refractivity contribution < 1.29 is 36.4 Å². The lowest BCUT2D eigenvalue weighted by Crippen LogP contribution is -2.70. The SMILES string of the molecule is CC(C)O[Si](C)(OC(C)C)[O][Al-]([O][Si](C)(C)C)([O][Si](C)(C)C)[O][Si](O)(OC(C)C)OC(C)C. The molecule has 0 aliphatic rings. The Balaban J connectivity index is 6.73. The van der Waals surface area contributed by atoms with Gasteiger partial charge in [-0.15, -0.1) is 0 Å². The fourth-order valence-corrected chi connectivity index (χ4v) is 21.2. The van der Waals surface area contributed by atoms with E-state index < -0.39 is 48.9 Å². The minimum atomic E-state index is -4.51. The Morgan fingerprint density at radius 2 is 0.788 bits per heavy atom. The normalized spacial score (nSPS) is 14.9. The van der Waals surface area contributed by atoms with Gasteiger partial charge in [-0.3, -0.25) is 0 Å². The maximum absolute atomic E-state index is 11.5. The first kappa shape index (κ1) is 34.0. The van der Waals surface area contributed by atoms with E-state index in [9.17, 15) is 4.80 Å². The first-order valence-corrected chi connectivity index (χ1v) is 24.5. The lowest BCUT2D eigenvalue weighted by molar-refractivity contribution is -0.0432. The molecule has 1 N–H and O–H groups in total. The second kappa shape index (κ2) is 13.0. The largest absolute Gasteiger partial charge is 0.841 e. The first-order valence-electron chi connectivity index (χ1n) is 11.9. The molecule has 0 aliphatic carbocycles. The van der Waals surface area contributed by atoms with E-state index in [1.54, 1.807) is 34.2 Å². The topological polar surface area (TPSA) is 94.1 Å². The van der Waals surface area contributed by atoms with Crippen LogP contribution in [0.2, 0.25) is 45.8 Å². The van der Waals surface area contributed by atoms with E-state index in [1.807, 2.05) is 67.0 Å². The molecule has 0 unspecified atom stereocenters. The van der Waals surface area contributed by atoms with Gasteiger partial charge >= 0.3 is 32.3 Å². The average Bonchev–Trinajstić information content (AvgIpc) is 2.36. The Morgan fingerprint density at radius 1 is 0.485 bits per heavy atom. The molecule has 0 aromatic rings. The molecule has 0 atom stereocenters. The van der Waals surface area contributed by atoms with Crippen molar-refractivity contribution in [1.82, 2.24) is 0 Å². The zero-order chi connectivity index (χ0) is 26.5. The van der Waals surface area contributed by atoms with Crippen molar-refractivity contribution in [2.75, 3.05) is 0 Å². The Bertz CT molecular complexity index is 511.